The van der Waals surface area contributed by atoms with Crippen molar-refractivity contribution in [2.45, 2.75) is 38.3 Å². The molecule has 22 heavy (non-hydrogen) atoms. The summed E-state index contributed by atoms with van der Waals surface area (Å²) in [7, 11) is 1.70. The van der Waals surface area contributed by atoms with Crippen molar-refractivity contribution in [2.75, 3.05) is 26.8 Å². The molecule has 1 aliphatic rings. The van der Waals surface area contributed by atoms with Crippen molar-refractivity contribution in [1.82, 2.24) is 15.2 Å². The van der Waals surface area contributed by atoms with Crippen molar-refractivity contribution in [1.29, 1.82) is 0 Å². The lowest BCUT2D eigenvalue weighted by molar-refractivity contribution is 0.0882. The van der Waals surface area contributed by atoms with Crippen LogP contribution in [0.2, 0.25) is 0 Å². The zero-order chi connectivity index (χ0) is 15.5. The minimum atomic E-state index is -0.128. The van der Waals surface area contributed by atoms with Gasteiger partial charge < -0.3 is 19.9 Å². The van der Waals surface area contributed by atoms with Crippen molar-refractivity contribution >= 4 is 34.2 Å². The van der Waals surface area contributed by atoms with Crippen LogP contribution in [0.4, 0.5) is 0 Å². The molecule has 2 rings (SSSR count). The van der Waals surface area contributed by atoms with E-state index in [4.69, 9.17) is 4.74 Å². The number of methoxy groups -OCH3 is 1. The fourth-order valence-electron chi connectivity index (χ4n) is 2.87. The maximum atomic E-state index is 12.5. The Kier molecular flexibility index (Phi) is 7.38. The van der Waals surface area contributed by atoms with Gasteiger partial charge in [0.05, 0.1) is 12.1 Å². The quantitative estimate of drug-likeness (QED) is 0.780. The van der Waals surface area contributed by atoms with Crippen LogP contribution in [0, 0.1) is 0 Å². The van der Waals surface area contributed by atoms with Gasteiger partial charge in [-0.25, -0.2) is 0 Å². The highest BCUT2D eigenvalue weighted by Gasteiger charge is 2.34. The van der Waals surface area contributed by atoms with Crippen molar-refractivity contribution in [3.63, 3.8) is 0 Å². The fourth-order valence-corrected chi connectivity index (χ4v) is 3.30. The average Bonchev–Trinajstić information content (AvgIpc) is 3.04. The third-order valence-corrected chi connectivity index (χ3v) is 4.38. The maximum Gasteiger partial charge on any atom is 0.268 e. The van der Waals surface area contributed by atoms with Crippen LogP contribution in [0.15, 0.2) is 16.7 Å². The Morgan fingerprint density at radius 3 is 2.86 bits per heavy atom. The van der Waals surface area contributed by atoms with Crippen molar-refractivity contribution in [2.24, 2.45) is 0 Å². The predicted molar refractivity (Wildman–Crippen MR) is 93.9 cm³/mol. The standard InChI is InChI=1S/C15H24BrN3O2.ClH/c1-11(2)19-8-12(16)7-13(19)14(20)17-9-15(10-21-3)5-4-6-18-15;/h7-8,11,18H,4-6,9-10H2,1-3H3,(H,17,20);1H. The van der Waals surface area contributed by atoms with E-state index in [1.54, 1.807) is 7.11 Å². The lowest BCUT2D eigenvalue weighted by Crippen LogP contribution is -2.53. The summed E-state index contributed by atoms with van der Waals surface area (Å²) in [6.45, 7) is 6.30. The maximum absolute atomic E-state index is 12.5. The van der Waals surface area contributed by atoms with Gasteiger partial charge in [-0.2, -0.15) is 0 Å². The number of amides is 1. The minimum Gasteiger partial charge on any atom is -0.383 e. The number of nitrogens with one attached hydrogen (secondary N) is 2. The van der Waals surface area contributed by atoms with E-state index in [1.807, 2.05) is 16.8 Å². The largest absolute Gasteiger partial charge is 0.383 e. The Labute approximate surface area is 146 Å². The first-order valence-corrected chi connectivity index (χ1v) is 8.16. The lowest BCUT2D eigenvalue weighted by Gasteiger charge is -2.29. The summed E-state index contributed by atoms with van der Waals surface area (Å²) in [5.74, 6) is -0.0430. The van der Waals surface area contributed by atoms with Crippen molar-refractivity contribution in [3.05, 3.63) is 22.4 Å². The molecule has 1 saturated heterocycles. The van der Waals surface area contributed by atoms with Crippen LogP contribution >= 0.6 is 28.3 Å². The second kappa shape index (κ2) is 8.34. The van der Waals surface area contributed by atoms with E-state index in [0.717, 1.165) is 23.9 Å². The minimum absolute atomic E-state index is 0. The van der Waals surface area contributed by atoms with Gasteiger partial charge in [0, 0.05) is 30.4 Å². The molecule has 1 aromatic heterocycles. The Hall–Kier alpha value is -0.560. The molecular weight excluding hydrogens is 370 g/mol. The summed E-state index contributed by atoms with van der Waals surface area (Å²) in [5, 5.41) is 6.52. The van der Waals surface area contributed by atoms with Gasteiger partial charge in [-0.1, -0.05) is 0 Å². The van der Waals surface area contributed by atoms with Gasteiger partial charge in [-0.3, -0.25) is 4.79 Å². The lowest BCUT2D eigenvalue weighted by atomic mass is 9.98. The van der Waals surface area contributed by atoms with Crippen LogP contribution < -0.4 is 10.6 Å². The van der Waals surface area contributed by atoms with E-state index in [2.05, 4.69) is 40.4 Å². The first-order valence-electron chi connectivity index (χ1n) is 7.37. The van der Waals surface area contributed by atoms with Crippen LogP contribution in [0.1, 0.15) is 43.2 Å². The number of nitrogens with zero attached hydrogens (tertiary/aromatic N) is 1. The van der Waals surface area contributed by atoms with Gasteiger partial charge in [0.25, 0.3) is 5.91 Å². The molecule has 1 fully saturated rings. The Balaban J connectivity index is 0.00000242. The molecule has 0 aromatic carbocycles. The molecule has 1 aromatic rings. The number of halogens is 2. The molecule has 0 saturated carbocycles. The van der Waals surface area contributed by atoms with Gasteiger partial charge in [0.1, 0.15) is 5.69 Å². The van der Waals surface area contributed by atoms with Crippen LogP contribution in [-0.2, 0) is 4.74 Å². The smallest absolute Gasteiger partial charge is 0.268 e. The first-order chi connectivity index (χ1) is 9.97. The van der Waals surface area contributed by atoms with Crippen LogP contribution in [-0.4, -0.2) is 42.8 Å². The highest BCUT2D eigenvalue weighted by atomic mass is 79.9. The number of aromatic nitrogens is 1. The molecule has 1 aliphatic heterocycles. The zero-order valence-electron chi connectivity index (χ0n) is 13.3. The Bertz CT molecular complexity index is 499. The second-order valence-electron chi connectivity index (χ2n) is 5.97. The molecule has 126 valence electrons. The second-order valence-corrected chi connectivity index (χ2v) is 6.89. The number of rotatable bonds is 6. The number of hydrogen-bond acceptors (Lipinski definition) is 3. The third-order valence-electron chi connectivity index (χ3n) is 3.94. The molecule has 0 bridgehead atoms. The van der Waals surface area contributed by atoms with Crippen LogP contribution in [0.25, 0.3) is 0 Å². The van der Waals surface area contributed by atoms with E-state index in [9.17, 15) is 4.79 Å². The normalized spacial score (nSPS) is 21.0. The molecule has 1 amide bonds. The average molecular weight is 395 g/mol. The van der Waals surface area contributed by atoms with E-state index in [0.29, 0.717) is 18.8 Å². The number of ether oxygens (including phenoxy) is 1. The number of carbonyl (C=O) groups is 1. The fraction of sp³-hybridized carbons (Fsp3) is 0.667. The SMILES string of the molecule is COCC1(CNC(=O)c2cc(Br)cn2C(C)C)CCCN1.Cl. The zero-order valence-corrected chi connectivity index (χ0v) is 15.7. The van der Waals surface area contributed by atoms with Gasteiger partial charge >= 0.3 is 0 Å². The topological polar surface area (TPSA) is 55.3 Å². The predicted octanol–water partition coefficient (Wildman–Crippen LogP) is 2.75. The molecule has 5 nitrogen and oxygen atoms in total. The Morgan fingerprint density at radius 2 is 2.32 bits per heavy atom. The molecule has 0 radical (unpaired) electrons. The Morgan fingerprint density at radius 1 is 1.59 bits per heavy atom. The summed E-state index contributed by atoms with van der Waals surface area (Å²) >= 11 is 3.44. The van der Waals surface area contributed by atoms with E-state index in [-0.39, 0.29) is 29.9 Å². The molecule has 1 atom stereocenters. The molecule has 2 N–H and O–H groups in total. The van der Waals surface area contributed by atoms with Crippen molar-refractivity contribution in [3.8, 4) is 0 Å². The molecule has 0 aliphatic carbocycles. The molecule has 7 heteroatoms. The third kappa shape index (κ3) is 4.47. The molecular formula is C15H25BrClN3O2. The van der Waals surface area contributed by atoms with Crippen molar-refractivity contribution < 1.29 is 9.53 Å². The highest BCUT2D eigenvalue weighted by Crippen LogP contribution is 2.21. The highest BCUT2D eigenvalue weighted by molar-refractivity contribution is 9.10. The molecule has 1 unspecified atom stereocenters. The van der Waals surface area contributed by atoms with E-state index < -0.39 is 0 Å². The summed E-state index contributed by atoms with van der Waals surface area (Å²) < 4.78 is 8.21. The summed E-state index contributed by atoms with van der Waals surface area (Å²) in [5.41, 5.74) is 0.555. The van der Waals surface area contributed by atoms with Gasteiger partial charge in [0.2, 0.25) is 0 Å². The number of carbonyl (C=O) groups excluding carboxylic acids is 1. The van der Waals surface area contributed by atoms with Gasteiger partial charge in [-0.15, -0.1) is 12.4 Å². The number of hydrogen-bond donors (Lipinski definition) is 2. The van der Waals surface area contributed by atoms with E-state index >= 15 is 0 Å². The first kappa shape index (κ1) is 19.5. The summed E-state index contributed by atoms with van der Waals surface area (Å²) in [4.78, 5) is 12.5. The molecule has 0 spiro atoms. The summed E-state index contributed by atoms with van der Waals surface area (Å²) in [6.07, 6.45) is 4.08. The van der Waals surface area contributed by atoms with Crippen LogP contribution in [0.5, 0.6) is 0 Å². The van der Waals surface area contributed by atoms with E-state index in [1.165, 1.54) is 0 Å². The summed E-state index contributed by atoms with van der Waals surface area (Å²) in [6, 6.07) is 2.11. The van der Waals surface area contributed by atoms with Gasteiger partial charge in [0.15, 0.2) is 0 Å². The van der Waals surface area contributed by atoms with Gasteiger partial charge in [-0.05, 0) is 55.2 Å². The van der Waals surface area contributed by atoms with Crippen LogP contribution in [0.3, 0.4) is 0 Å². The molecule has 2 heterocycles. The monoisotopic (exact) mass is 393 g/mol.